The third-order valence-electron chi connectivity index (χ3n) is 3.83. The van der Waals surface area contributed by atoms with Gasteiger partial charge in [-0.3, -0.25) is 0 Å². The second-order valence-electron chi connectivity index (χ2n) is 4.99. The number of hydrogen-bond acceptors (Lipinski definition) is 5. The van der Waals surface area contributed by atoms with E-state index in [-0.39, 0.29) is 12.4 Å². The number of aliphatic hydroxyl groups excluding tert-OH is 1. The van der Waals surface area contributed by atoms with E-state index in [1.54, 1.807) is 12.1 Å². The summed E-state index contributed by atoms with van der Waals surface area (Å²) in [6.45, 7) is 3.88. The van der Waals surface area contributed by atoms with Crippen LogP contribution >= 0.6 is 0 Å². The molecule has 2 rings (SSSR count). The molecule has 1 aromatic heterocycles. The molecule has 1 aromatic carbocycles. The molecule has 0 amide bonds. The van der Waals surface area contributed by atoms with Gasteiger partial charge in [0, 0.05) is 5.39 Å². The molecule has 0 spiro atoms. The predicted octanol–water partition coefficient (Wildman–Crippen LogP) is 2.29. The van der Waals surface area contributed by atoms with Crippen LogP contribution < -0.4 is 5.32 Å². The zero-order valence-corrected chi connectivity index (χ0v) is 12.1. The summed E-state index contributed by atoms with van der Waals surface area (Å²) in [5, 5.41) is 22.8. The average Bonchev–Trinajstić information content (AvgIpc) is 2.52. The smallest absolute Gasteiger partial charge is 0.374 e. The van der Waals surface area contributed by atoms with E-state index in [9.17, 15) is 9.90 Å². The minimum Gasteiger partial charge on any atom is -0.475 e. The number of aromatic carboxylic acids is 1. The van der Waals surface area contributed by atoms with Gasteiger partial charge in [-0.05, 0) is 25.0 Å². The van der Waals surface area contributed by atoms with Gasteiger partial charge in [-0.2, -0.15) is 0 Å². The number of aliphatic hydroxyl groups is 1. The lowest BCUT2D eigenvalue weighted by molar-refractivity contribution is 0.0684. The van der Waals surface area contributed by atoms with Gasteiger partial charge in [0.05, 0.1) is 17.7 Å². The largest absolute Gasteiger partial charge is 0.475 e. The van der Waals surface area contributed by atoms with Gasteiger partial charge in [0.25, 0.3) is 0 Å². The lowest BCUT2D eigenvalue weighted by Crippen LogP contribution is -2.41. The third-order valence-corrected chi connectivity index (χ3v) is 3.83. The van der Waals surface area contributed by atoms with Crippen molar-refractivity contribution in [2.75, 3.05) is 11.9 Å². The number of hydrogen-bond donors (Lipinski definition) is 3. The SMILES string of the molecule is CCC(CC)(CO)Nc1nc(C(=O)O)nc2ccccc12. The van der Waals surface area contributed by atoms with Gasteiger partial charge in [0.1, 0.15) is 5.82 Å². The molecule has 6 nitrogen and oxygen atoms in total. The Bertz CT molecular complexity index is 645. The fourth-order valence-electron chi connectivity index (χ4n) is 2.21. The summed E-state index contributed by atoms with van der Waals surface area (Å²) in [7, 11) is 0. The van der Waals surface area contributed by atoms with Gasteiger partial charge in [-0.15, -0.1) is 0 Å². The van der Waals surface area contributed by atoms with Gasteiger partial charge in [-0.25, -0.2) is 14.8 Å². The molecule has 0 atom stereocenters. The number of para-hydroxylation sites is 1. The average molecular weight is 289 g/mol. The Morgan fingerprint density at radius 3 is 2.48 bits per heavy atom. The standard InChI is InChI=1S/C15H19N3O3/c1-3-15(4-2,9-19)18-12-10-7-5-6-8-11(10)16-13(17-12)14(20)21/h5-8,19H,3-4,9H2,1-2H3,(H,20,21)(H,16,17,18). The molecular weight excluding hydrogens is 270 g/mol. The Morgan fingerprint density at radius 2 is 1.90 bits per heavy atom. The van der Waals surface area contributed by atoms with Gasteiger partial charge in [-0.1, -0.05) is 26.0 Å². The number of carboxylic acids is 1. The molecule has 0 saturated carbocycles. The van der Waals surface area contributed by atoms with Crippen molar-refractivity contribution >= 4 is 22.7 Å². The first-order valence-corrected chi connectivity index (χ1v) is 6.94. The zero-order chi connectivity index (χ0) is 15.5. The Labute approximate surface area is 122 Å². The van der Waals surface area contributed by atoms with Crippen LogP contribution in [0.5, 0.6) is 0 Å². The van der Waals surface area contributed by atoms with E-state index < -0.39 is 11.5 Å². The second kappa shape index (κ2) is 6.05. The van der Waals surface area contributed by atoms with Crippen LogP contribution in [-0.2, 0) is 0 Å². The summed E-state index contributed by atoms with van der Waals surface area (Å²) >= 11 is 0. The molecule has 0 saturated heterocycles. The molecule has 0 aliphatic carbocycles. The van der Waals surface area contributed by atoms with Crippen LogP contribution in [0.25, 0.3) is 10.9 Å². The van der Waals surface area contributed by atoms with Crippen molar-refractivity contribution in [1.29, 1.82) is 0 Å². The van der Waals surface area contributed by atoms with E-state index in [2.05, 4.69) is 15.3 Å². The highest BCUT2D eigenvalue weighted by Crippen LogP contribution is 2.26. The van der Waals surface area contributed by atoms with E-state index in [0.29, 0.717) is 24.2 Å². The highest BCUT2D eigenvalue weighted by atomic mass is 16.4. The maximum absolute atomic E-state index is 11.2. The maximum atomic E-state index is 11.2. The van der Waals surface area contributed by atoms with Crippen LogP contribution in [0.15, 0.2) is 24.3 Å². The van der Waals surface area contributed by atoms with Crippen molar-refractivity contribution in [3.63, 3.8) is 0 Å². The van der Waals surface area contributed by atoms with Crippen LogP contribution in [0.4, 0.5) is 5.82 Å². The Balaban J connectivity index is 2.58. The summed E-state index contributed by atoms with van der Waals surface area (Å²) in [6, 6.07) is 7.21. The predicted molar refractivity (Wildman–Crippen MR) is 80.5 cm³/mol. The third kappa shape index (κ3) is 2.95. The van der Waals surface area contributed by atoms with Gasteiger partial charge < -0.3 is 15.5 Å². The summed E-state index contributed by atoms with van der Waals surface area (Å²) in [5.41, 5.74) is 0.0406. The molecule has 0 aliphatic rings. The number of fused-ring (bicyclic) bond motifs is 1. The van der Waals surface area contributed by atoms with Crippen LogP contribution in [-0.4, -0.2) is 38.3 Å². The quantitative estimate of drug-likeness (QED) is 0.755. The van der Waals surface area contributed by atoms with Gasteiger partial charge in [0.2, 0.25) is 5.82 Å². The van der Waals surface area contributed by atoms with E-state index in [1.165, 1.54) is 0 Å². The lowest BCUT2D eigenvalue weighted by atomic mass is 9.93. The van der Waals surface area contributed by atoms with Crippen molar-refractivity contribution in [2.45, 2.75) is 32.2 Å². The summed E-state index contributed by atoms with van der Waals surface area (Å²) in [6.07, 6.45) is 1.39. The summed E-state index contributed by atoms with van der Waals surface area (Å²) < 4.78 is 0. The molecule has 21 heavy (non-hydrogen) atoms. The van der Waals surface area contributed by atoms with E-state index in [0.717, 1.165) is 5.39 Å². The fraction of sp³-hybridized carbons (Fsp3) is 0.400. The first-order chi connectivity index (χ1) is 10.0. The molecule has 0 aliphatic heterocycles. The number of rotatable bonds is 6. The molecule has 2 aromatic rings. The van der Waals surface area contributed by atoms with Crippen LogP contribution in [0.2, 0.25) is 0 Å². The highest BCUT2D eigenvalue weighted by Gasteiger charge is 2.27. The molecule has 0 bridgehead atoms. The molecule has 112 valence electrons. The Morgan fingerprint density at radius 1 is 1.24 bits per heavy atom. The Kier molecular flexibility index (Phi) is 4.37. The van der Waals surface area contributed by atoms with Crippen molar-refractivity contribution < 1.29 is 15.0 Å². The van der Waals surface area contributed by atoms with Crippen LogP contribution in [0.3, 0.4) is 0 Å². The number of nitrogens with one attached hydrogen (secondary N) is 1. The van der Waals surface area contributed by atoms with E-state index >= 15 is 0 Å². The highest BCUT2D eigenvalue weighted by molar-refractivity contribution is 5.93. The zero-order valence-electron chi connectivity index (χ0n) is 12.1. The number of benzene rings is 1. The minimum atomic E-state index is -1.17. The summed E-state index contributed by atoms with van der Waals surface area (Å²) in [5.74, 6) is -0.989. The molecule has 0 unspecified atom stereocenters. The number of carbonyl (C=O) groups is 1. The Hall–Kier alpha value is -2.21. The monoisotopic (exact) mass is 289 g/mol. The minimum absolute atomic E-state index is 0.0548. The fourth-order valence-corrected chi connectivity index (χ4v) is 2.21. The molecule has 0 fully saturated rings. The first-order valence-electron chi connectivity index (χ1n) is 6.94. The lowest BCUT2D eigenvalue weighted by Gasteiger charge is -2.31. The molecule has 3 N–H and O–H groups in total. The first kappa shape index (κ1) is 15.2. The molecular formula is C15H19N3O3. The van der Waals surface area contributed by atoms with Gasteiger partial charge >= 0.3 is 5.97 Å². The van der Waals surface area contributed by atoms with E-state index in [4.69, 9.17) is 5.11 Å². The second-order valence-corrected chi connectivity index (χ2v) is 4.99. The van der Waals surface area contributed by atoms with Crippen LogP contribution in [0.1, 0.15) is 37.3 Å². The normalized spacial score (nSPS) is 11.6. The van der Waals surface area contributed by atoms with Crippen LogP contribution in [0, 0.1) is 0 Å². The number of aromatic nitrogens is 2. The van der Waals surface area contributed by atoms with Crippen molar-refractivity contribution in [2.24, 2.45) is 0 Å². The van der Waals surface area contributed by atoms with Gasteiger partial charge in [0.15, 0.2) is 0 Å². The number of nitrogens with zero attached hydrogens (tertiary/aromatic N) is 2. The van der Waals surface area contributed by atoms with E-state index in [1.807, 2.05) is 26.0 Å². The summed E-state index contributed by atoms with van der Waals surface area (Å²) in [4.78, 5) is 19.3. The molecule has 6 heteroatoms. The molecule has 0 radical (unpaired) electrons. The maximum Gasteiger partial charge on any atom is 0.374 e. The topological polar surface area (TPSA) is 95.3 Å². The van der Waals surface area contributed by atoms with Crippen molar-refractivity contribution in [1.82, 2.24) is 9.97 Å². The molecule has 1 heterocycles. The van der Waals surface area contributed by atoms with Crippen molar-refractivity contribution in [3.8, 4) is 0 Å². The van der Waals surface area contributed by atoms with Crippen molar-refractivity contribution in [3.05, 3.63) is 30.1 Å². The number of anilines is 1. The number of carboxylic acid groups (broad SMARTS) is 1.